The zero-order valence-corrected chi connectivity index (χ0v) is 12.8. The van der Waals surface area contributed by atoms with Gasteiger partial charge in [-0.3, -0.25) is 0 Å². The lowest BCUT2D eigenvalue weighted by molar-refractivity contribution is 0.570. The first-order chi connectivity index (χ1) is 9.13. The molecule has 1 aromatic carbocycles. The molecule has 0 radical (unpaired) electrons. The topological polar surface area (TPSA) is 15.3 Å². The molecule has 2 nitrogen and oxygen atoms in total. The highest BCUT2D eigenvalue weighted by Gasteiger charge is 2.30. The second kappa shape index (κ2) is 6.42. The van der Waals surface area contributed by atoms with Gasteiger partial charge in [0.1, 0.15) is 0 Å². The van der Waals surface area contributed by atoms with Crippen molar-refractivity contribution in [3.05, 3.63) is 29.8 Å². The van der Waals surface area contributed by atoms with Crippen LogP contribution < -0.4 is 10.2 Å². The summed E-state index contributed by atoms with van der Waals surface area (Å²) in [7, 11) is 2.22. The number of hydrogen-bond donors (Lipinski definition) is 1. The maximum atomic E-state index is 3.53. The zero-order chi connectivity index (χ0) is 13.8. The molecule has 106 valence electrons. The van der Waals surface area contributed by atoms with Gasteiger partial charge < -0.3 is 10.2 Å². The average molecular weight is 260 g/mol. The molecule has 1 aromatic rings. The number of hydrogen-bond acceptors (Lipinski definition) is 2. The Morgan fingerprint density at radius 1 is 1.21 bits per heavy atom. The molecule has 1 aliphatic rings. The Kier molecular flexibility index (Phi) is 4.87. The lowest BCUT2D eigenvalue weighted by atomic mass is 10.1. The van der Waals surface area contributed by atoms with E-state index in [1.807, 2.05) is 0 Å². The lowest BCUT2D eigenvalue weighted by Crippen LogP contribution is -2.30. The van der Waals surface area contributed by atoms with E-state index in [-0.39, 0.29) is 0 Å². The molecule has 1 saturated carbocycles. The van der Waals surface area contributed by atoms with Crippen LogP contribution in [0.5, 0.6) is 0 Å². The molecule has 0 saturated heterocycles. The SMILES string of the molecule is CCCNC(C)c1ccc(N(C)C(C)C2CC2)cc1. The molecule has 1 fully saturated rings. The summed E-state index contributed by atoms with van der Waals surface area (Å²) in [6, 6.07) is 10.2. The monoisotopic (exact) mass is 260 g/mol. The number of rotatable bonds is 7. The largest absolute Gasteiger partial charge is 0.372 e. The Bertz CT molecular complexity index is 381. The molecular formula is C17H28N2. The van der Waals surface area contributed by atoms with Crippen LogP contribution >= 0.6 is 0 Å². The zero-order valence-electron chi connectivity index (χ0n) is 12.8. The molecule has 0 heterocycles. The Morgan fingerprint density at radius 3 is 2.37 bits per heavy atom. The minimum absolute atomic E-state index is 0.445. The van der Waals surface area contributed by atoms with Crippen LogP contribution in [0.2, 0.25) is 0 Å². The fourth-order valence-electron chi connectivity index (χ4n) is 2.61. The van der Waals surface area contributed by atoms with Gasteiger partial charge in [-0.2, -0.15) is 0 Å². The summed E-state index contributed by atoms with van der Waals surface area (Å²) in [5.41, 5.74) is 2.72. The van der Waals surface area contributed by atoms with Crippen LogP contribution in [0.15, 0.2) is 24.3 Å². The third-order valence-corrected chi connectivity index (χ3v) is 4.42. The van der Waals surface area contributed by atoms with Crippen molar-refractivity contribution >= 4 is 5.69 Å². The number of nitrogens with zero attached hydrogens (tertiary/aromatic N) is 1. The summed E-state index contributed by atoms with van der Waals surface area (Å²) in [6.07, 6.45) is 3.99. The van der Waals surface area contributed by atoms with Gasteiger partial charge in [-0.1, -0.05) is 19.1 Å². The third kappa shape index (κ3) is 3.73. The molecule has 2 unspecified atom stereocenters. The van der Waals surface area contributed by atoms with Crippen LogP contribution in [0.1, 0.15) is 51.6 Å². The highest BCUT2D eigenvalue weighted by Crippen LogP contribution is 2.36. The van der Waals surface area contributed by atoms with Crippen LogP contribution in [0.4, 0.5) is 5.69 Å². The Balaban J connectivity index is 1.97. The summed E-state index contributed by atoms with van der Waals surface area (Å²) < 4.78 is 0. The molecule has 0 aliphatic heterocycles. The first-order valence-electron chi connectivity index (χ1n) is 7.69. The van der Waals surface area contributed by atoms with E-state index in [0.29, 0.717) is 12.1 Å². The molecule has 19 heavy (non-hydrogen) atoms. The summed E-state index contributed by atoms with van der Waals surface area (Å²) >= 11 is 0. The second-order valence-corrected chi connectivity index (χ2v) is 5.96. The van der Waals surface area contributed by atoms with Crippen LogP contribution in [0.3, 0.4) is 0 Å². The molecule has 2 heteroatoms. The van der Waals surface area contributed by atoms with Gasteiger partial charge in [0.15, 0.2) is 0 Å². The van der Waals surface area contributed by atoms with Crippen molar-refractivity contribution < 1.29 is 0 Å². The van der Waals surface area contributed by atoms with E-state index in [0.717, 1.165) is 12.5 Å². The van der Waals surface area contributed by atoms with E-state index < -0.39 is 0 Å². The maximum Gasteiger partial charge on any atom is 0.0366 e. The molecule has 0 amide bonds. The minimum atomic E-state index is 0.445. The lowest BCUT2D eigenvalue weighted by Gasteiger charge is -2.27. The summed E-state index contributed by atoms with van der Waals surface area (Å²) in [5.74, 6) is 0.912. The Labute approximate surface area is 118 Å². The van der Waals surface area contributed by atoms with Gasteiger partial charge in [0.25, 0.3) is 0 Å². The number of nitrogens with one attached hydrogen (secondary N) is 1. The fraction of sp³-hybridized carbons (Fsp3) is 0.647. The molecule has 1 N–H and O–H groups in total. The molecule has 2 atom stereocenters. The highest BCUT2D eigenvalue weighted by molar-refractivity contribution is 5.48. The molecule has 0 aromatic heterocycles. The summed E-state index contributed by atoms with van der Waals surface area (Å²) in [5, 5.41) is 3.53. The van der Waals surface area contributed by atoms with Gasteiger partial charge in [0.05, 0.1) is 0 Å². The van der Waals surface area contributed by atoms with Crippen LogP contribution in [-0.4, -0.2) is 19.6 Å². The van der Waals surface area contributed by atoms with Gasteiger partial charge in [-0.25, -0.2) is 0 Å². The Morgan fingerprint density at radius 2 is 1.84 bits per heavy atom. The highest BCUT2D eigenvalue weighted by atomic mass is 15.1. The predicted molar refractivity (Wildman–Crippen MR) is 83.7 cm³/mol. The van der Waals surface area contributed by atoms with Crippen LogP contribution in [0, 0.1) is 5.92 Å². The van der Waals surface area contributed by atoms with E-state index in [4.69, 9.17) is 0 Å². The first kappa shape index (κ1) is 14.4. The fourth-order valence-corrected chi connectivity index (χ4v) is 2.61. The van der Waals surface area contributed by atoms with Gasteiger partial charge in [-0.15, -0.1) is 0 Å². The van der Waals surface area contributed by atoms with Gasteiger partial charge in [-0.05, 0) is 63.3 Å². The van der Waals surface area contributed by atoms with Crippen molar-refractivity contribution in [2.45, 2.75) is 52.1 Å². The number of anilines is 1. The van der Waals surface area contributed by atoms with Crippen molar-refractivity contribution in [2.24, 2.45) is 5.92 Å². The van der Waals surface area contributed by atoms with E-state index in [1.165, 1.54) is 30.5 Å². The third-order valence-electron chi connectivity index (χ3n) is 4.42. The standard InChI is InChI=1S/C17H28N2/c1-5-12-18-13(2)15-8-10-17(11-9-15)19(4)14(3)16-6-7-16/h8-11,13-14,16,18H,5-7,12H2,1-4H3. The number of benzene rings is 1. The maximum absolute atomic E-state index is 3.53. The summed E-state index contributed by atoms with van der Waals surface area (Å²) in [4.78, 5) is 2.42. The van der Waals surface area contributed by atoms with Crippen molar-refractivity contribution in [2.75, 3.05) is 18.5 Å². The second-order valence-electron chi connectivity index (χ2n) is 5.96. The first-order valence-corrected chi connectivity index (χ1v) is 7.69. The van der Waals surface area contributed by atoms with E-state index in [2.05, 4.69) is 62.3 Å². The van der Waals surface area contributed by atoms with Crippen molar-refractivity contribution in [3.8, 4) is 0 Å². The van der Waals surface area contributed by atoms with Gasteiger partial charge in [0, 0.05) is 24.8 Å². The minimum Gasteiger partial charge on any atom is -0.372 e. The van der Waals surface area contributed by atoms with Gasteiger partial charge >= 0.3 is 0 Å². The molecule has 0 spiro atoms. The van der Waals surface area contributed by atoms with Crippen molar-refractivity contribution in [3.63, 3.8) is 0 Å². The van der Waals surface area contributed by atoms with Crippen molar-refractivity contribution in [1.29, 1.82) is 0 Å². The molecule has 1 aliphatic carbocycles. The van der Waals surface area contributed by atoms with E-state index in [1.54, 1.807) is 0 Å². The van der Waals surface area contributed by atoms with Crippen molar-refractivity contribution in [1.82, 2.24) is 5.32 Å². The van der Waals surface area contributed by atoms with Crippen LogP contribution in [0.25, 0.3) is 0 Å². The molecule has 0 bridgehead atoms. The Hall–Kier alpha value is -1.02. The van der Waals surface area contributed by atoms with E-state index in [9.17, 15) is 0 Å². The molecular weight excluding hydrogens is 232 g/mol. The van der Waals surface area contributed by atoms with Crippen LogP contribution in [-0.2, 0) is 0 Å². The van der Waals surface area contributed by atoms with Gasteiger partial charge in [0.2, 0.25) is 0 Å². The smallest absolute Gasteiger partial charge is 0.0366 e. The summed E-state index contributed by atoms with van der Waals surface area (Å²) in [6.45, 7) is 7.87. The normalized spacial score (nSPS) is 18.1. The van der Waals surface area contributed by atoms with E-state index >= 15 is 0 Å². The molecule has 2 rings (SSSR count). The predicted octanol–water partition coefficient (Wildman–Crippen LogP) is 3.98. The average Bonchev–Trinajstić information content (AvgIpc) is 3.28. The quantitative estimate of drug-likeness (QED) is 0.797.